The van der Waals surface area contributed by atoms with E-state index in [4.69, 9.17) is 20.4 Å². The fourth-order valence-electron chi connectivity index (χ4n) is 0.141. The third-order valence-corrected chi connectivity index (χ3v) is 0.632. The van der Waals surface area contributed by atoms with Crippen LogP contribution >= 0.6 is 0 Å². The van der Waals surface area contributed by atoms with Gasteiger partial charge >= 0.3 is 0 Å². The van der Waals surface area contributed by atoms with Gasteiger partial charge in [0.05, 0.1) is 0 Å². The van der Waals surface area contributed by atoms with Crippen LogP contribution < -0.4 is 0 Å². The summed E-state index contributed by atoms with van der Waals surface area (Å²) in [5, 5.41) is 31.6. The molecule has 0 aliphatic rings. The number of aliphatic hydroxyl groups is 4. The maximum Gasteiger partial charge on any atom is 0.0452 e. The average molecular weight is 200 g/mol. The predicted octanol–water partition coefficient (Wildman–Crippen LogP) is -1.28. The largest absolute Gasteiger partial charge is 0.396 e. The van der Waals surface area contributed by atoms with Gasteiger partial charge in [-0.25, -0.2) is 0 Å². The molecule has 0 spiro atoms. The zero-order valence-electron chi connectivity index (χ0n) is 6.53. The minimum absolute atomic E-state index is 0. The van der Waals surface area contributed by atoms with Crippen LogP contribution in [0.4, 0.5) is 0 Å². The summed E-state index contributed by atoms with van der Waals surface area (Å²) in [6.07, 6.45) is 1.00. The predicted molar refractivity (Wildman–Crippen MR) is 37.6 cm³/mol. The van der Waals surface area contributed by atoms with E-state index in [9.17, 15) is 0 Å². The average Bonchev–Trinajstić information content (AvgIpc) is 1.93. The molecule has 68 valence electrons. The van der Waals surface area contributed by atoms with Gasteiger partial charge in [0.25, 0.3) is 0 Å². The van der Waals surface area contributed by atoms with Crippen molar-refractivity contribution in [3.05, 3.63) is 0 Å². The molecule has 0 saturated carbocycles. The molecular formula is C6H16O4Ti. The summed E-state index contributed by atoms with van der Waals surface area (Å²) in [5.74, 6) is 0. The Bertz CT molecular complexity index is 35.6. The number of aliphatic hydroxyl groups excluding tert-OH is 4. The molecule has 0 amide bonds. The summed E-state index contributed by atoms with van der Waals surface area (Å²) >= 11 is 0. The second-order valence-electron chi connectivity index (χ2n) is 1.60. The van der Waals surface area contributed by atoms with Crippen molar-refractivity contribution in [3.63, 3.8) is 0 Å². The first-order valence-corrected chi connectivity index (χ1v) is 3.26. The smallest absolute Gasteiger partial charge is 0.0452 e. The summed E-state index contributed by atoms with van der Waals surface area (Å²) in [5.41, 5.74) is 0. The van der Waals surface area contributed by atoms with E-state index in [2.05, 4.69) is 0 Å². The van der Waals surface area contributed by atoms with Crippen LogP contribution in [0.3, 0.4) is 0 Å². The molecule has 0 aliphatic carbocycles. The number of hydrogen-bond acceptors (Lipinski definition) is 4. The molecule has 0 heterocycles. The van der Waals surface area contributed by atoms with Crippen molar-refractivity contribution in [1.82, 2.24) is 0 Å². The van der Waals surface area contributed by atoms with Crippen LogP contribution in [0, 0.1) is 0 Å². The molecule has 4 N–H and O–H groups in total. The third kappa shape index (κ3) is 37.2. The molecule has 0 rings (SSSR count). The molecule has 11 heavy (non-hydrogen) atoms. The summed E-state index contributed by atoms with van der Waals surface area (Å²) in [6, 6.07) is 0. The van der Waals surface area contributed by atoms with Gasteiger partial charge in [-0.15, -0.1) is 0 Å². The molecule has 0 saturated heterocycles. The summed E-state index contributed by atoms with van der Waals surface area (Å²) in [4.78, 5) is 0. The van der Waals surface area contributed by atoms with Crippen LogP contribution in [0.25, 0.3) is 0 Å². The van der Waals surface area contributed by atoms with Crippen molar-refractivity contribution in [2.24, 2.45) is 0 Å². The molecule has 0 bridgehead atoms. The normalized spacial score (nSPS) is 7.64. The van der Waals surface area contributed by atoms with Gasteiger partial charge in [0.1, 0.15) is 0 Å². The van der Waals surface area contributed by atoms with Gasteiger partial charge in [-0.2, -0.15) is 0 Å². The van der Waals surface area contributed by atoms with Gasteiger partial charge in [0, 0.05) is 48.1 Å². The molecule has 0 aromatic heterocycles. The minimum atomic E-state index is 0. The summed E-state index contributed by atoms with van der Waals surface area (Å²) in [7, 11) is 0. The van der Waals surface area contributed by atoms with Crippen molar-refractivity contribution in [3.8, 4) is 0 Å². The Morgan fingerprint density at radius 3 is 0.727 bits per heavy atom. The van der Waals surface area contributed by atoms with Crippen molar-refractivity contribution < 1.29 is 42.1 Å². The van der Waals surface area contributed by atoms with E-state index in [1.54, 1.807) is 0 Å². The van der Waals surface area contributed by atoms with Crippen LogP contribution in [0.5, 0.6) is 0 Å². The first-order valence-electron chi connectivity index (χ1n) is 3.26. The van der Waals surface area contributed by atoms with Crippen LogP contribution in [-0.4, -0.2) is 46.9 Å². The van der Waals surface area contributed by atoms with Gasteiger partial charge < -0.3 is 20.4 Å². The van der Waals surface area contributed by atoms with Crippen molar-refractivity contribution in [1.29, 1.82) is 0 Å². The molecule has 4 nitrogen and oxygen atoms in total. The summed E-state index contributed by atoms with van der Waals surface area (Å²) in [6.45, 7) is 0.375. The van der Waals surface area contributed by atoms with Crippen molar-refractivity contribution in [2.75, 3.05) is 26.4 Å². The Morgan fingerprint density at radius 1 is 0.545 bits per heavy atom. The van der Waals surface area contributed by atoms with E-state index in [1.165, 1.54) is 0 Å². The van der Waals surface area contributed by atoms with Crippen LogP contribution in [0.2, 0.25) is 0 Å². The molecule has 0 unspecified atom stereocenters. The molecule has 0 radical (unpaired) electrons. The molecule has 0 fully saturated rings. The molecule has 5 heteroatoms. The maximum absolute atomic E-state index is 7.91. The van der Waals surface area contributed by atoms with E-state index < -0.39 is 0 Å². The monoisotopic (exact) mass is 200 g/mol. The fourth-order valence-corrected chi connectivity index (χ4v) is 0.141. The first-order chi connectivity index (χ1) is 4.83. The standard InChI is InChI=1S/2C3H8O2.Ti/c2*4-2-1-3-5;/h2*4-5H,1-3H2;. The van der Waals surface area contributed by atoms with Crippen LogP contribution in [0.15, 0.2) is 0 Å². The Balaban J connectivity index is -0.000000107. The molecule has 0 aromatic rings. The van der Waals surface area contributed by atoms with Gasteiger partial charge in [0.2, 0.25) is 0 Å². The third-order valence-electron chi connectivity index (χ3n) is 0.632. The zero-order chi connectivity index (χ0) is 8.24. The van der Waals surface area contributed by atoms with Crippen molar-refractivity contribution in [2.45, 2.75) is 12.8 Å². The van der Waals surface area contributed by atoms with Gasteiger partial charge in [-0.3, -0.25) is 0 Å². The SMILES string of the molecule is OCCCO.OCCCO.[Ti]. The van der Waals surface area contributed by atoms with Crippen LogP contribution in [0.1, 0.15) is 12.8 Å². The van der Waals surface area contributed by atoms with Gasteiger partial charge in [0.15, 0.2) is 0 Å². The van der Waals surface area contributed by atoms with E-state index >= 15 is 0 Å². The Labute approximate surface area is 81.8 Å². The minimum Gasteiger partial charge on any atom is -0.396 e. The van der Waals surface area contributed by atoms with E-state index in [0.717, 1.165) is 0 Å². The van der Waals surface area contributed by atoms with E-state index in [-0.39, 0.29) is 48.1 Å². The molecule has 0 atom stereocenters. The topological polar surface area (TPSA) is 80.9 Å². The molecular weight excluding hydrogens is 184 g/mol. The maximum atomic E-state index is 7.91. The van der Waals surface area contributed by atoms with Crippen LogP contribution in [-0.2, 0) is 21.7 Å². The van der Waals surface area contributed by atoms with Crippen molar-refractivity contribution >= 4 is 0 Å². The Kier molecular flexibility index (Phi) is 35.9. The first kappa shape index (κ1) is 17.6. The fraction of sp³-hybridized carbons (Fsp3) is 1.00. The molecule has 0 aromatic carbocycles. The number of rotatable bonds is 4. The van der Waals surface area contributed by atoms with Gasteiger partial charge in [-0.05, 0) is 12.8 Å². The number of hydrogen-bond donors (Lipinski definition) is 4. The second-order valence-corrected chi connectivity index (χ2v) is 1.60. The molecule has 0 aliphatic heterocycles. The second kappa shape index (κ2) is 22.4. The quantitative estimate of drug-likeness (QED) is 0.426. The van der Waals surface area contributed by atoms with Gasteiger partial charge in [-0.1, -0.05) is 0 Å². The zero-order valence-corrected chi connectivity index (χ0v) is 8.09. The Morgan fingerprint density at radius 2 is 0.727 bits per heavy atom. The van der Waals surface area contributed by atoms with E-state index in [1.807, 2.05) is 0 Å². The Hall–Kier alpha value is 0.554. The summed E-state index contributed by atoms with van der Waals surface area (Å²) < 4.78 is 0. The van der Waals surface area contributed by atoms with E-state index in [0.29, 0.717) is 12.8 Å².